The average Bonchev–Trinajstić information content (AvgIpc) is 2.40. The Balaban J connectivity index is 1.50. The molecule has 1 N–H and O–H groups in total. The van der Waals surface area contributed by atoms with Crippen molar-refractivity contribution in [2.45, 2.75) is 43.8 Å². The molecule has 4 aliphatic carbocycles. The molecule has 0 spiro atoms. The van der Waals surface area contributed by atoms with Gasteiger partial charge in [0, 0.05) is 6.54 Å². The first-order chi connectivity index (χ1) is 10.6. The smallest absolute Gasteiger partial charge is 0.407 e. The molecule has 0 radical (unpaired) electrons. The van der Waals surface area contributed by atoms with Crippen LogP contribution in [0.5, 0.6) is 0 Å². The Labute approximate surface area is 133 Å². The Hall–Kier alpha value is -0.960. The maximum Gasteiger partial charge on any atom is 0.407 e. The molecule has 4 bridgehead atoms. The SMILES string of the molecule is O=C(NCC12CC3CC(CC(C3)C1)C2)OCC(F)(F)S(=O)(=O)[O-]. The maximum absolute atomic E-state index is 12.9. The highest BCUT2D eigenvalue weighted by Gasteiger charge is 2.50. The minimum atomic E-state index is -5.84. The zero-order valence-corrected chi connectivity index (χ0v) is 13.4. The Bertz CT molecular complexity index is 557. The van der Waals surface area contributed by atoms with E-state index in [1.54, 1.807) is 0 Å². The number of alkyl halides is 2. The van der Waals surface area contributed by atoms with Crippen molar-refractivity contribution in [3.8, 4) is 0 Å². The largest absolute Gasteiger partial charge is 0.743 e. The molecule has 4 aliphatic rings. The van der Waals surface area contributed by atoms with Crippen molar-refractivity contribution in [2.75, 3.05) is 13.2 Å². The number of nitrogens with one attached hydrogen (secondary N) is 1. The Morgan fingerprint density at radius 3 is 2.09 bits per heavy atom. The fourth-order valence-corrected chi connectivity index (χ4v) is 5.24. The lowest BCUT2D eigenvalue weighted by atomic mass is 9.49. The summed E-state index contributed by atoms with van der Waals surface area (Å²) in [5.41, 5.74) is 0.0148. The predicted octanol–water partition coefficient (Wildman–Crippen LogP) is 2.07. The summed E-state index contributed by atoms with van der Waals surface area (Å²) in [6.45, 7) is -1.41. The van der Waals surface area contributed by atoms with Gasteiger partial charge in [-0.1, -0.05) is 0 Å². The molecule has 132 valence electrons. The van der Waals surface area contributed by atoms with E-state index >= 15 is 0 Å². The van der Waals surface area contributed by atoms with Gasteiger partial charge in [0.1, 0.15) is 0 Å². The van der Waals surface area contributed by atoms with Gasteiger partial charge in [0.05, 0.1) is 0 Å². The van der Waals surface area contributed by atoms with Gasteiger partial charge in [-0.3, -0.25) is 0 Å². The summed E-state index contributed by atoms with van der Waals surface area (Å²) in [5.74, 6) is 2.07. The summed E-state index contributed by atoms with van der Waals surface area (Å²) >= 11 is 0. The van der Waals surface area contributed by atoms with Crippen molar-refractivity contribution in [1.82, 2.24) is 5.32 Å². The summed E-state index contributed by atoms with van der Waals surface area (Å²) in [6.07, 6.45) is 5.73. The van der Waals surface area contributed by atoms with E-state index in [9.17, 15) is 26.5 Å². The number of halogens is 2. The van der Waals surface area contributed by atoms with E-state index in [-0.39, 0.29) is 5.41 Å². The first kappa shape index (κ1) is 16.9. The van der Waals surface area contributed by atoms with Crippen molar-refractivity contribution >= 4 is 16.2 Å². The highest BCUT2D eigenvalue weighted by Crippen LogP contribution is 2.59. The van der Waals surface area contributed by atoms with Crippen LogP contribution < -0.4 is 5.32 Å². The molecular weight excluding hydrogens is 332 g/mol. The van der Waals surface area contributed by atoms with Crippen molar-refractivity contribution < 1.29 is 31.3 Å². The molecule has 1 amide bonds. The van der Waals surface area contributed by atoms with Crippen LogP contribution in [0.4, 0.5) is 13.6 Å². The number of rotatable bonds is 5. The third-order valence-electron chi connectivity index (χ3n) is 5.51. The van der Waals surface area contributed by atoms with Crippen LogP contribution in [0.25, 0.3) is 0 Å². The van der Waals surface area contributed by atoms with Gasteiger partial charge in [-0.25, -0.2) is 13.2 Å². The molecule has 4 fully saturated rings. The second-order valence-electron chi connectivity index (χ2n) is 7.44. The number of ether oxygens (including phenoxy) is 1. The van der Waals surface area contributed by atoms with Crippen LogP contribution in [0.3, 0.4) is 0 Å². The van der Waals surface area contributed by atoms with E-state index in [1.165, 1.54) is 19.3 Å². The van der Waals surface area contributed by atoms with Gasteiger partial charge in [-0.05, 0) is 61.7 Å². The topological polar surface area (TPSA) is 95.5 Å². The zero-order chi connectivity index (χ0) is 16.9. The molecule has 0 heterocycles. The van der Waals surface area contributed by atoms with Crippen LogP contribution in [-0.4, -0.2) is 37.5 Å². The lowest BCUT2D eigenvalue weighted by Gasteiger charge is -2.56. The monoisotopic (exact) mass is 352 g/mol. The number of amides is 1. The molecule has 0 aliphatic heterocycles. The lowest BCUT2D eigenvalue weighted by Crippen LogP contribution is -2.51. The van der Waals surface area contributed by atoms with Crippen molar-refractivity contribution in [3.05, 3.63) is 0 Å². The molecular formula is C14H20F2NO5S-. The third kappa shape index (κ3) is 3.45. The molecule has 9 heteroatoms. The first-order valence-corrected chi connectivity index (χ1v) is 9.23. The summed E-state index contributed by atoms with van der Waals surface area (Å²) in [4.78, 5) is 11.5. The maximum atomic E-state index is 12.9. The highest BCUT2D eigenvalue weighted by molar-refractivity contribution is 7.86. The van der Waals surface area contributed by atoms with Crippen molar-refractivity contribution in [3.63, 3.8) is 0 Å². The molecule has 0 aromatic carbocycles. The Morgan fingerprint density at radius 2 is 1.65 bits per heavy atom. The standard InChI is InChI=1S/C14H21F2NO5S/c15-14(16,23(19,20)21)8-22-12(18)17-7-13-4-9-1-10(5-13)3-11(2-9)6-13/h9-11H,1-8H2,(H,17,18)(H,19,20,21)/p-1. The van der Waals surface area contributed by atoms with Crippen molar-refractivity contribution in [1.29, 1.82) is 0 Å². The predicted molar refractivity (Wildman–Crippen MR) is 74.6 cm³/mol. The minimum Gasteiger partial charge on any atom is -0.743 e. The van der Waals surface area contributed by atoms with Crippen LogP contribution in [0.2, 0.25) is 0 Å². The number of alkyl carbamates (subject to hydrolysis) is 1. The average molecular weight is 352 g/mol. The molecule has 6 nitrogen and oxygen atoms in total. The number of hydrogen-bond donors (Lipinski definition) is 1. The van der Waals surface area contributed by atoms with Crippen LogP contribution in [0.1, 0.15) is 38.5 Å². The van der Waals surface area contributed by atoms with E-state index in [0.29, 0.717) is 24.3 Å². The summed E-state index contributed by atoms with van der Waals surface area (Å²) in [5, 5.41) is -2.13. The van der Waals surface area contributed by atoms with E-state index in [2.05, 4.69) is 10.1 Å². The fourth-order valence-electron chi connectivity index (χ4n) is 5.04. The van der Waals surface area contributed by atoms with E-state index in [4.69, 9.17) is 0 Å². The Kier molecular flexibility index (Phi) is 4.07. The molecule has 4 rings (SSSR count). The van der Waals surface area contributed by atoms with Gasteiger partial charge in [0.15, 0.2) is 16.7 Å². The molecule has 4 saturated carbocycles. The second kappa shape index (κ2) is 5.54. The molecule has 0 unspecified atom stereocenters. The first-order valence-electron chi connectivity index (χ1n) is 7.82. The highest BCUT2D eigenvalue weighted by atomic mass is 32.2. The van der Waals surface area contributed by atoms with Gasteiger partial charge in [-0.15, -0.1) is 0 Å². The van der Waals surface area contributed by atoms with Crippen LogP contribution in [-0.2, 0) is 14.9 Å². The molecule has 23 heavy (non-hydrogen) atoms. The van der Waals surface area contributed by atoms with Crippen LogP contribution in [0, 0.1) is 23.2 Å². The van der Waals surface area contributed by atoms with E-state index < -0.39 is 28.1 Å². The zero-order valence-electron chi connectivity index (χ0n) is 12.6. The molecule has 0 atom stereocenters. The molecule has 0 aromatic heterocycles. The van der Waals surface area contributed by atoms with Gasteiger partial charge in [-0.2, -0.15) is 8.78 Å². The third-order valence-corrected chi connectivity index (χ3v) is 6.36. The van der Waals surface area contributed by atoms with E-state index in [1.807, 2.05) is 0 Å². The second-order valence-corrected chi connectivity index (χ2v) is 8.94. The molecule has 0 saturated heterocycles. The van der Waals surface area contributed by atoms with Gasteiger partial charge in [0.2, 0.25) is 0 Å². The van der Waals surface area contributed by atoms with E-state index in [0.717, 1.165) is 19.3 Å². The van der Waals surface area contributed by atoms with Gasteiger partial charge >= 0.3 is 11.3 Å². The van der Waals surface area contributed by atoms with Crippen LogP contribution >= 0.6 is 0 Å². The normalized spacial score (nSPS) is 36.0. The number of hydrogen-bond acceptors (Lipinski definition) is 5. The number of carbonyl (C=O) groups excluding carboxylic acids is 1. The van der Waals surface area contributed by atoms with Crippen LogP contribution in [0.15, 0.2) is 0 Å². The summed E-state index contributed by atoms with van der Waals surface area (Å²) < 4.78 is 61.1. The van der Waals surface area contributed by atoms with Gasteiger partial charge < -0.3 is 14.6 Å². The Morgan fingerprint density at radius 1 is 1.17 bits per heavy atom. The lowest BCUT2D eigenvalue weighted by molar-refractivity contribution is -0.0519. The van der Waals surface area contributed by atoms with Gasteiger partial charge in [0.25, 0.3) is 0 Å². The minimum absolute atomic E-state index is 0.0148. The summed E-state index contributed by atoms with van der Waals surface area (Å²) in [6, 6.07) is 0. The summed E-state index contributed by atoms with van der Waals surface area (Å²) in [7, 11) is -5.84. The fraction of sp³-hybridized carbons (Fsp3) is 0.929. The molecule has 0 aromatic rings. The van der Waals surface area contributed by atoms with Crippen molar-refractivity contribution in [2.24, 2.45) is 23.2 Å². The number of carbonyl (C=O) groups is 1. The quantitative estimate of drug-likeness (QED) is 0.764.